The average molecular weight is 367 g/mol. The van der Waals surface area contributed by atoms with E-state index in [0.29, 0.717) is 23.4 Å². The maximum Gasteiger partial charge on any atom is 0.222 e. The smallest absolute Gasteiger partial charge is 0.222 e. The number of likely N-dealkylation sites (N-methyl/N-ethyl adjacent to an activating group) is 1. The Kier molecular flexibility index (Phi) is 8.16. The number of carbonyl (C=O) groups is 1. The van der Waals surface area contributed by atoms with Gasteiger partial charge in [-0.05, 0) is 26.3 Å². The van der Waals surface area contributed by atoms with Crippen LogP contribution in [-0.2, 0) is 11.2 Å². The number of amides is 1. The van der Waals surface area contributed by atoms with E-state index in [4.69, 9.17) is 5.73 Å². The third-order valence-electron chi connectivity index (χ3n) is 5.17. The molecule has 5 nitrogen and oxygen atoms in total. The van der Waals surface area contributed by atoms with Gasteiger partial charge < -0.3 is 15.5 Å². The van der Waals surface area contributed by atoms with Crippen LogP contribution in [0.2, 0.25) is 0 Å². The fourth-order valence-corrected chi connectivity index (χ4v) is 4.38. The zero-order valence-electron chi connectivity index (χ0n) is 16.1. The summed E-state index contributed by atoms with van der Waals surface area (Å²) in [6, 6.07) is 0. The molecule has 0 aromatic carbocycles. The van der Waals surface area contributed by atoms with Crippen LogP contribution in [0, 0.1) is 0 Å². The molecule has 2 N–H and O–H groups in total. The molecule has 1 saturated heterocycles. The molecule has 142 valence electrons. The third-order valence-corrected chi connectivity index (χ3v) is 6.22. The Bertz CT molecular complexity index is 538. The van der Waals surface area contributed by atoms with Crippen LogP contribution in [0.25, 0.3) is 0 Å². The van der Waals surface area contributed by atoms with Crippen LogP contribution in [0.1, 0.15) is 68.9 Å². The van der Waals surface area contributed by atoms with Crippen LogP contribution in [0.5, 0.6) is 0 Å². The van der Waals surface area contributed by atoms with Gasteiger partial charge in [0.25, 0.3) is 0 Å². The van der Waals surface area contributed by atoms with Crippen molar-refractivity contribution in [1.29, 1.82) is 0 Å². The number of hydrogen-bond acceptors (Lipinski definition) is 5. The summed E-state index contributed by atoms with van der Waals surface area (Å²) in [6.45, 7) is 8.07. The molecule has 1 fully saturated rings. The number of nitrogens with zero attached hydrogens (tertiary/aromatic N) is 3. The predicted molar refractivity (Wildman–Crippen MR) is 106 cm³/mol. The van der Waals surface area contributed by atoms with E-state index in [1.54, 1.807) is 11.3 Å². The van der Waals surface area contributed by atoms with Crippen LogP contribution in [0.15, 0.2) is 0 Å². The van der Waals surface area contributed by atoms with Crippen molar-refractivity contribution in [2.24, 2.45) is 0 Å². The van der Waals surface area contributed by atoms with E-state index in [1.807, 2.05) is 4.90 Å². The van der Waals surface area contributed by atoms with Gasteiger partial charge in [0.2, 0.25) is 5.91 Å². The molecule has 2 rings (SSSR count). The number of nitrogens with two attached hydrogens (primary N) is 1. The fraction of sp³-hybridized carbons (Fsp3) is 0.789. The maximum atomic E-state index is 12.6. The van der Waals surface area contributed by atoms with Crippen molar-refractivity contribution >= 4 is 22.4 Å². The van der Waals surface area contributed by atoms with E-state index in [2.05, 4.69) is 30.8 Å². The Balaban J connectivity index is 1.96. The molecule has 1 aromatic rings. The highest BCUT2D eigenvalue weighted by Crippen LogP contribution is 2.34. The van der Waals surface area contributed by atoms with Crippen molar-refractivity contribution in [3.8, 4) is 0 Å². The summed E-state index contributed by atoms with van der Waals surface area (Å²) in [6.07, 6.45) is 7.26. The van der Waals surface area contributed by atoms with Gasteiger partial charge in [0.15, 0.2) is 5.13 Å². The van der Waals surface area contributed by atoms with E-state index in [1.165, 1.54) is 24.1 Å². The van der Waals surface area contributed by atoms with E-state index >= 15 is 0 Å². The van der Waals surface area contributed by atoms with E-state index < -0.39 is 0 Å². The fourth-order valence-electron chi connectivity index (χ4n) is 3.52. The molecule has 1 aromatic heterocycles. The number of thiazole rings is 1. The van der Waals surface area contributed by atoms with Crippen molar-refractivity contribution in [3.05, 3.63) is 10.6 Å². The van der Waals surface area contributed by atoms with Crippen molar-refractivity contribution in [2.75, 3.05) is 39.0 Å². The molecule has 1 amide bonds. The summed E-state index contributed by atoms with van der Waals surface area (Å²) in [5.74, 6) is 0.668. The number of nitrogen functional groups attached to an aromatic ring is 1. The van der Waals surface area contributed by atoms with Crippen LogP contribution in [0.4, 0.5) is 5.13 Å². The number of carbonyl (C=O) groups excluding carboxylic acids is 1. The molecule has 0 radical (unpaired) electrons. The lowest BCUT2D eigenvalue weighted by Crippen LogP contribution is -2.47. The molecule has 25 heavy (non-hydrogen) atoms. The third kappa shape index (κ3) is 5.96. The summed E-state index contributed by atoms with van der Waals surface area (Å²) < 4.78 is 0. The number of anilines is 1. The normalized spacial score (nSPS) is 17.0. The lowest BCUT2D eigenvalue weighted by molar-refractivity contribution is -0.132. The molecule has 2 heterocycles. The van der Waals surface area contributed by atoms with Gasteiger partial charge in [0.1, 0.15) is 0 Å². The summed E-state index contributed by atoms with van der Waals surface area (Å²) in [5.41, 5.74) is 7.12. The summed E-state index contributed by atoms with van der Waals surface area (Å²) in [7, 11) is 2.12. The van der Waals surface area contributed by atoms with Crippen molar-refractivity contribution in [1.82, 2.24) is 14.8 Å². The van der Waals surface area contributed by atoms with E-state index in [0.717, 1.165) is 51.1 Å². The maximum absolute atomic E-state index is 12.6. The monoisotopic (exact) mass is 366 g/mol. The first-order valence-corrected chi connectivity index (χ1v) is 10.6. The molecular weight excluding hydrogens is 332 g/mol. The lowest BCUT2D eigenvalue weighted by atomic mass is 9.91. The second-order valence-electron chi connectivity index (χ2n) is 7.13. The van der Waals surface area contributed by atoms with Crippen LogP contribution in [-0.4, -0.2) is 53.9 Å². The summed E-state index contributed by atoms with van der Waals surface area (Å²) in [5, 5.41) is 0.665. The summed E-state index contributed by atoms with van der Waals surface area (Å²) in [4.78, 5) is 22.8. The SMILES string of the molecule is CCCCCC(CCC(=O)N1CCN(C)CC1)c1nc(N)sc1CC. The highest BCUT2D eigenvalue weighted by atomic mass is 32.1. The van der Waals surface area contributed by atoms with E-state index in [-0.39, 0.29) is 0 Å². The Morgan fingerprint density at radius 1 is 1.20 bits per heavy atom. The van der Waals surface area contributed by atoms with Gasteiger partial charge in [-0.25, -0.2) is 4.98 Å². The van der Waals surface area contributed by atoms with Gasteiger partial charge in [0, 0.05) is 43.4 Å². The number of unbranched alkanes of at least 4 members (excludes halogenated alkanes) is 2. The topological polar surface area (TPSA) is 62.5 Å². The minimum atomic E-state index is 0.301. The number of rotatable bonds is 9. The zero-order valence-corrected chi connectivity index (χ0v) is 16.9. The second kappa shape index (κ2) is 10.1. The van der Waals surface area contributed by atoms with Crippen LogP contribution in [0.3, 0.4) is 0 Å². The first-order valence-electron chi connectivity index (χ1n) is 9.76. The Hall–Kier alpha value is -1.14. The Morgan fingerprint density at radius 3 is 2.56 bits per heavy atom. The highest BCUT2D eigenvalue weighted by molar-refractivity contribution is 7.15. The van der Waals surface area contributed by atoms with Gasteiger partial charge >= 0.3 is 0 Å². The predicted octanol–water partition coefficient (Wildman–Crippen LogP) is 3.51. The van der Waals surface area contributed by atoms with Crippen molar-refractivity contribution in [3.63, 3.8) is 0 Å². The molecule has 6 heteroatoms. The molecule has 1 aliphatic rings. The molecule has 1 atom stereocenters. The van der Waals surface area contributed by atoms with Crippen LogP contribution < -0.4 is 5.73 Å². The minimum Gasteiger partial charge on any atom is -0.375 e. The first-order chi connectivity index (χ1) is 12.0. The highest BCUT2D eigenvalue weighted by Gasteiger charge is 2.23. The Morgan fingerprint density at radius 2 is 1.92 bits per heavy atom. The zero-order chi connectivity index (χ0) is 18.2. The number of piperazine rings is 1. The first kappa shape index (κ1) is 20.2. The lowest BCUT2D eigenvalue weighted by Gasteiger charge is -2.32. The molecule has 1 aliphatic heterocycles. The average Bonchev–Trinajstić information content (AvgIpc) is 2.99. The van der Waals surface area contributed by atoms with Gasteiger partial charge in [-0.15, -0.1) is 11.3 Å². The number of hydrogen-bond donors (Lipinski definition) is 1. The quantitative estimate of drug-likeness (QED) is 0.679. The molecule has 0 bridgehead atoms. The van der Waals surface area contributed by atoms with Gasteiger partial charge in [-0.3, -0.25) is 4.79 Å². The van der Waals surface area contributed by atoms with Gasteiger partial charge in [-0.1, -0.05) is 33.1 Å². The number of aryl methyl sites for hydroxylation is 1. The number of aromatic nitrogens is 1. The van der Waals surface area contributed by atoms with Crippen LogP contribution >= 0.6 is 11.3 Å². The Labute approximate surface area is 156 Å². The van der Waals surface area contributed by atoms with Gasteiger partial charge in [-0.2, -0.15) is 0 Å². The van der Waals surface area contributed by atoms with Crippen molar-refractivity contribution in [2.45, 2.75) is 64.7 Å². The second-order valence-corrected chi connectivity index (χ2v) is 8.24. The molecule has 0 aliphatic carbocycles. The standard InChI is InChI=1S/C19H34N4OS/c1-4-6-7-8-15(18-16(5-2)25-19(20)21-18)9-10-17(24)23-13-11-22(3)12-14-23/h15H,4-14H2,1-3H3,(H2,20,21). The largest absolute Gasteiger partial charge is 0.375 e. The minimum absolute atomic E-state index is 0.301. The molecule has 1 unspecified atom stereocenters. The molecule has 0 spiro atoms. The van der Waals surface area contributed by atoms with Crippen molar-refractivity contribution < 1.29 is 4.79 Å². The van der Waals surface area contributed by atoms with E-state index in [9.17, 15) is 4.79 Å². The molecular formula is C19H34N4OS. The van der Waals surface area contributed by atoms with Gasteiger partial charge in [0.05, 0.1) is 5.69 Å². The molecule has 0 saturated carbocycles. The summed E-state index contributed by atoms with van der Waals surface area (Å²) >= 11 is 1.61.